The zero-order chi connectivity index (χ0) is 35.4. The van der Waals surface area contributed by atoms with Crippen molar-refractivity contribution in [1.82, 2.24) is 24.0 Å². The molecule has 0 saturated carbocycles. The first kappa shape index (κ1) is 33.7. The lowest BCUT2D eigenvalue weighted by Crippen LogP contribution is -2.25. The molecule has 8 heteroatoms. The fourth-order valence-electron chi connectivity index (χ4n) is 7.54. The van der Waals surface area contributed by atoms with E-state index in [1.165, 1.54) is 45.8 Å². The monoisotopic (exact) mass is 692 g/mol. The van der Waals surface area contributed by atoms with Gasteiger partial charge in [0, 0.05) is 58.8 Å². The molecule has 0 unspecified atom stereocenters. The average Bonchev–Trinajstić information content (AvgIpc) is 3.64. The molecule has 0 atom stereocenters. The first-order chi connectivity index (χ1) is 25.5. The summed E-state index contributed by atoms with van der Waals surface area (Å²) in [6, 6.07) is 34.8. The molecule has 0 aliphatic heterocycles. The molecular formula is C44H42F2N6. The molecule has 0 spiro atoms. The van der Waals surface area contributed by atoms with Crippen molar-refractivity contribution in [2.45, 2.75) is 51.9 Å². The van der Waals surface area contributed by atoms with Gasteiger partial charge in [0.15, 0.2) is 0 Å². The van der Waals surface area contributed by atoms with Crippen LogP contribution in [0.4, 0.5) is 8.78 Å². The lowest BCUT2D eigenvalue weighted by Gasteiger charge is -2.22. The topological polar surface area (TPSA) is 64.9 Å². The number of hydrogen-bond acceptors (Lipinski definition) is 4. The van der Waals surface area contributed by atoms with Gasteiger partial charge in [-0.05, 0) is 85.6 Å². The van der Waals surface area contributed by atoms with Gasteiger partial charge in [-0.25, -0.2) is 8.78 Å². The summed E-state index contributed by atoms with van der Waals surface area (Å²) in [5, 5.41) is 4.69. The fourth-order valence-corrected chi connectivity index (χ4v) is 7.54. The standard InChI is InChI=1S/C44H42F2N6/c45-33-17-13-31(14-18-33)27-51-41-11-5-3-9-37(41)39-23-35(48-25-43(39)51)29-50(22-8-2-1-7-21-47)30-36-24-40-38-10-4-6-12-42(38)52(44(40)26-49-36)28-32-15-19-34(46)20-16-32/h3-6,9-20,23-26H,1-2,7-8,21-22,27-30,47H2. The van der Waals surface area contributed by atoms with Crippen molar-refractivity contribution in [3.63, 3.8) is 0 Å². The Labute approximate surface area is 302 Å². The predicted molar refractivity (Wildman–Crippen MR) is 207 cm³/mol. The van der Waals surface area contributed by atoms with Gasteiger partial charge in [-0.1, -0.05) is 73.5 Å². The predicted octanol–water partition coefficient (Wildman–Crippen LogP) is 9.59. The molecule has 4 aromatic carbocycles. The fraction of sp³-hybridized carbons (Fsp3) is 0.227. The van der Waals surface area contributed by atoms with Crippen LogP contribution in [0.3, 0.4) is 0 Å². The molecule has 8 aromatic rings. The van der Waals surface area contributed by atoms with E-state index >= 15 is 0 Å². The van der Waals surface area contributed by atoms with E-state index in [4.69, 9.17) is 15.7 Å². The highest BCUT2D eigenvalue weighted by Crippen LogP contribution is 2.32. The minimum atomic E-state index is -0.232. The highest BCUT2D eigenvalue weighted by Gasteiger charge is 2.17. The van der Waals surface area contributed by atoms with Gasteiger partial charge in [-0.2, -0.15) is 0 Å². The zero-order valence-electron chi connectivity index (χ0n) is 29.2. The number of para-hydroxylation sites is 2. The third-order valence-electron chi connectivity index (χ3n) is 10.1. The molecule has 6 nitrogen and oxygen atoms in total. The smallest absolute Gasteiger partial charge is 0.123 e. The number of fused-ring (bicyclic) bond motifs is 6. The van der Waals surface area contributed by atoms with Gasteiger partial charge < -0.3 is 14.9 Å². The molecule has 4 heterocycles. The minimum Gasteiger partial charge on any atom is -0.335 e. The summed E-state index contributed by atoms with van der Waals surface area (Å²) in [5.41, 5.74) is 14.3. The number of unbranched alkanes of at least 4 members (excludes halogenated alkanes) is 3. The van der Waals surface area contributed by atoms with Gasteiger partial charge in [-0.3, -0.25) is 14.9 Å². The normalized spacial score (nSPS) is 11.9. The van der Waals surface area contributed by atoms with Gasteiger partial charge in [0.2, 0.25) is 0 Å². The average molecular weight is 693 g/mol. The molecule has 0 bridgehead atoms. The molecule has 2 N–H and O–H groups in total. The van der Waals surface area contributed by atoms with Crippen LogP contribution in [-0.2, 0) is 26.2 Å². The summed E-state index contributed by atoms with van der Waals surface area (Å²) in [7, 11) is 0. The number of benzene rings is 4. The number of hydrogen-bond donors (Lipinski definition) is 1. The maximum atomic E-state index is 13.7. The summed E-state index contributed by atoms with van der Waals surface area (Å²) in [6.45, 7) is 4.29. The van der Waals surface area contributed by atoms with Crippen LogP contribution in [0.25, 0.3) is 43.6 Å². The molecule has 0 aliphatic carbocycles. The molecule has 0 aliphatic rings. The van der Waals surface area contributed by atoms with E-state index in [2.05, 4.69) is 74.7 Å². The Morgan fingerprint density at radius 3 is 1.46 bits per heavy atom. The van der Waals surface area contributed by atoms with E-state index in [0.717, 1.165) is 83.4 Å². The molecule has 262 valence electrons. The number of pyridine rings is 2. The first-order valence-corrected chi connectivity index (χ1v) is 18.2. The Bertz CT molecular complexity index is 2300. The molecule has 4 aromatic heterocycles. The van der Waals surface area contributed by atoms with Crippen molar-refractivity contribution in [2.75, 3.05) is 13.1 Å². The lowest BCUT2D eigenvalue weighted by atomic mass is 10.1. The Kier molecular flexibility index (Phi) is 9.74. The first-order valence-electron chi connectivity index (χ1n) is 18.2. The lowest BCUT2D eigenvalue weighted by molar-refractivity contribution is 0.245. The molecule has 0 saturated heterocycles. The van der Waals surface area contributed by atoms with Crippen LogP contribution in [0, 0.1) is 11.6 Å². The summed E-state index contributed by atoms with van der Waals surface area (Å²) in [5.74, 6) is -0.463. The Hall–Kier alpha value is -5.44. The molecule has 52 heavy (non-hydrogen) atoms. The second kappa shape index (κ2) is 15.0. The summed E-state index contributed by atoms with van der Waals surface area (Å²) in [4.78, 5) is 12.5. The maximum absolute atomic E-state index is 13.7. The maximum Gasteiger partial charge on any atom is 0.123 e. The summed E-state index contributed by atoms with van der Waals surface area (Å²) >= 11 is 0. The summed E-state index contributed by atoms with van der Waals surface area (Å²) in [6.07, 6.45) is 8.35. The van der Waals surface area contributed by atoms with E-state index in [0.29, 0.717) is 26.2 Å². The van der Waals surface area contributed by atoms with Crippen molar-refractivity contribution in [1.29, 1.82) is 0 Å². The van der Waals surface area contributed by atoms with Crippen molar-refractivity contribution in [3.05, 3.63) is 156 Å². The van der Waals surface area contributed by atoms with E-state index < -0.39 is 0 Å². The SMILES string of the molecule is NCCCCCCN(Cc1cc2c3ccccc3n(Cc3ccc(F)cc3)c2cn1)Cc1cc2c3ccccc3n(Cc3ccc(F)cc3)c2cn1. The third kappa shape index (κ3) is 7.04. The van der Waals surface area contributed by atoms with Gasteiger partial charge in [0.05, 0.1) is 34.8 Å². The van der Waals surface area contributed by atoms with Crippen LogP contribution in [0.5, 0.6) is 0 Å². The minimum absolute atomic E-state index is 0.232. The number of halogens is 2. The second-order valence-electron chi connectivity index (χ2n) is 13.8. The van der Waals surface area contributed by atoms with Crippen LogP contribution in [0.1, 0.15) is 48.2 Å². The quantitative estimate of drug-likeness (QED) is 0.115. The number of nitrogens with two attached hydrogens (primary N) is 1. The van der Waals surface area contributed by atoms with Gasteiger partial charge in [-0.15, -0.1) is 0 Å². The van der Waals surface area contributed by atoms with Gasteiger partial charge >= 0.3 is 0 Å². The Morgan fingerprint density at radius 1 is 0.519 bits per heavy atom. The Morgan fingerprint density at radius 2 is 0.981 bits per heavy atom. The Balaban J connectivity index is 1.10. The molecule has 8 rings (SSSR count). The summed E-state index contributed by atoms with van der Waals surface area (Å²) < 4.78 is 31.9. The molecular weight excluding hydrogens is 651 g/mol. The second-order valence-corrected chi connectivity index (χ2v) is 13.8. The molecule has 0 fully saturated rings. The number of aromatic nitrogens is 4. The van der Waals surface area contributed by atoms with Gasteiger partial charge in [0.1, 0.15) is 11.6 Å². The number of nitrogens with zero attached hydrogens (tertiary/aromatic N) is 5. The van der Waals surface area contributed by atoms with Crippen molar-refractivity contribution >= 4 is 43.6 Å². The van der Waals surface area contributed by atoms with Crippen molar-refractivity contribution in [3.8, 4) is 0 Å². The van der Waals surface area contributed by atoms with Crippen LogP contribution < -0.4 is 5.73 Å². The van der Waals surface area contributed by atoms with Crippen molar-refractivity contribution in [2.24, 2.45) is 5.73 Å². The van der Waals surface area contributed by atoms with E-state index in [-0.39, 0.29) is 11.6 Å². The van der Waals surface area contributed by atoms with Crippen molar-refractivity contribution < 1.29 is 8.78 Å². The molecule has 0 radical (unpaired) electrons. The van der Waals surface area contributed by atoms with Gasteiger partial charge in [0.25, 0.3) is 0 Å². The number of rotatable bonds is 14. The van der Waals surface area contributed by atoms with Crippen LogP contribution in [0.15, 0.2) is 122 Å². The van der Waals surface area contributed by atoms with E-state index in [9.17, 15) is 8.78 Å². The van der Waals surface area contributed by atoms with Crippen LogP contribution in [0.2, 0.25) is 0 Å². The largest absolute Gasteiger partial charge is 0.335 e. The van der Waals surface area contributed by atoms with Crippen LogP contribution in [-0.4, -0.2) is 37.1 Å². The molecule has 0 amide bonds. The zero-order valence-corrected chi connectivity index (χ0v) is 29.2. The van der Waals surface area contributed by atoms with E-state index in [1.807, 2.05) is 36.7 Å². The highest BCUT2D eigenvalue weighted by molar-refractivity contribution is 6.08. The highest BCUT2D eigenvalue weighted by atomic mass is 19.1. The third-order valence-corrected chi connectivity index (χ3v) is 10.1. The van der Waals surface area contributed by atoms with Crippen LogP contribution >= 0.6 is 0 Å². The van der Waals surface area contributed by atoms with E-state index in [1.54, 1.807) is 0 Å².